The number of rotatable bonds is 4. The molecule has 1 atom stereocenters. The maximum Gasteiger partial charge on any atom is 0.428 e. The van der Waals surface area contributed by atoms with Crippen molar-refractivity contribution in [2.24, 2.45) is 11.8 Å². The van der Waals surface area contributed by atoms with Gasteiger partial charge < -0.3 is 4.90 Å². The van der Waals surface area contributed by atoms with Crippen LogP contribution in [0.2, 0.25) is 0 Å². The highest BCUT2D eigenvalue weighted by atomic mass is 19.4. The number of hydrogen-bond donors (Lipinski definition) is 1. The van der Waals surface area contributed by atoms with Crippen LogP contribution in [0.4, 0.5) is 13.2 Å². The Hall–Kier alpha value is -1.43. The Kier molecular flexibility index (Phi) is 5.14. The Labute approximate surface area is 136 Å². The summed E-state index contributed by atoms with van der Waals surface area (Å²) in [4.78, 5) is 1.26. The van der Waals surface area contributed by atoms with Crippen molar-refractivity contribution in [3.8, 4) is 0 Å². The summed E-state index contributed by atoms with van der Waals surface area (Å²) in [6.45, 7) is 6.22. The summed E-state index contributed by atoms with van der Waals surface area (Å²) in [6.07, 6.45) is 1.38. The van der Waals surface area contributed by atoms with E-state index in [1.165, 1.54) is 11.9 Å². The summed E-state index contributed by atoms with van der Waals surface area (Å²) < 4.78 is 40.1. The van der Waals surface area contributed by atoms with Crippen molar-refractivity contribution >= 4 is 0 Å². The second kappa shape index (κ2) is 6.59. The third-order valence-corrected chi connectivity index (χ3v) is 4.51. The van der Waals surface area contributed by atoms with Crippen molar-refractivity contribution in [2.75, 3.05) is 7.05 Å². The molecule has 130 valence electrons. The number of nitrogens with zero attached hydrogens (tertiary/aromatic N) is 2. The minimum absolute atomic E-state index is 0.280. The van der Waals surface area contributed by atoms with E-state index in [0.717, 1.165) is 35.4 Å². The smallest absolute Gasteiger partial charge is 0.344 e. The molecule has 0 radical (unpaired) electrons. The molecule has 23 heavy (non-hydrogen) atoms. The van der Waals surface area contributed by atoms with Crippen LogP contribution >= 0.6 is 0 Å². The van der Waals surface area contributed by atoms with Crippen LogP contribution in [-0.4, -0.2) is 29.3 Å². The van der Waals surface area contributed by atoms with Gasteiger partial charge in [-0.1, -0.05) is 45.3 Å². The van der Waals surface area contributed by atoms with Crippen LogP contribution in [0.25, 0.3) is 0 Å². The fourth-order valence-electron chi connectivity index (χ4n) is 3.21. The number of hydrazine groups is 1. The molecule has 0 bridgehead atoms. The quantitative estimate of drug-likeness (QED) is 0.616. The van der Waals surface area contributed by atoms with Gasteiger partial charge in [0.2, 0.25) is 6.17 Å². The summed E-state index contributed by atoms with van der Waals surface area (Å²) in [5.74, 6) is 6.11. The zero-order valence-corrected chi connectivity index (χ0v) is 14.2. The van der Waals surface area contributed by atoms with E-state index >= 15 is 0 Å². The van der Waals surface area contributed by atoms with Crippen LogP contribution in [0.15, 0.2) is 34.7 Å². The summed E-state index contributed by atoms with van der Waals surface area (Å²) in [5.41, 5.74) is 3.19. The minimum Gasteiger partial charge on any atom is -0.344 e. The molecule has 0 spiro atoms. The van der Waals surface area contributed by atoms with Gasteiger partial charge in [-0.05, 0) is 30.4 Å². The van der Waals surface area contributed by atoms with E-state index in [-0.39, 0.29) is 5.92 Å². The largest absolute Gasteiger partial charge is 0.428 e. The molecule has 0 fully saturated rings. The SMILES string of the molecule is CCCCC=C1CC(C(C)C)=CC2=C1N(C)C(C(F)(F)F)N2N. The van der Waals surface area contributed by atoms with Gasteiger partial charge in [0.1, 0.15) is 0 Å². The molecule has 2 aliphatic rings. The zero-order chi connectivity index (χ0) is 17.4. The number of nitrogens with two attached hydrogens (primary N) is 1. The molecule has 1 unspecified atom stereocenters. The predicted molar refractivity (Wildman–Crippen MR) is 85.8 cm³/mol. The molecular formula is C17H26F3N3. The highest BCUT2D eigenvalue weighted by molar-refractivity contribution is 5.49. The molecule has 2 rings (SSSR count). The van der Waals surface area contributed by atoms with E-state index in [1.807, 2.05) is 6.08 Å². The highest BCUT2D eigenvalue weighted by Gasteiger charge is 2.52. The Balaban J connectivity index is 2.44. The zero-order valence-electron chi connectivity index (χ0n) is 14.2. The van der Waals surface area contributed by atoms with Gasteiger partial charge >= 0.3 is 6.18 Å². The van der Waals surface area contributed by atoms with E-state index < -0.39 is 12.3 Å². The molecule has 6 heteroatoms. The van der Waals surface area contributed by atoms with Gasteiger partial charge in [-0.25, -0.2) is 5.84 Å². The van der Waals surface area contributed by atoms with E-state index in [0.29, 0.717) is 17.8 Å². The maximum absolute atomic E-state index is 13.4. The van der Waals surface area contributed by atoms with Crippen molar-refractivity contribution in [3.63, 3.8) is 0 Å². The van der Waals surface area contributed by atoms with Gasteiger partial charge in [-0.3, -0.25) is 5.01 Å². The number of likely N-dealkylation sites (N-methyl/N-ethyl adjacent to an activating group) is 1. The lowest BCUT2D eigenvalue weighted by molar-refractivity contribution is -0.203. The van der Waals surface area contributed by atoms with Gasteiger partial charge in [0.15, 0.2) is 0 Å². The van der Waals surface area contributed by atoms with Gasteiger partial charge in [-0.15, -0.1) is 0 Å². The first-order chi connectivity index (χ1) is 10.7. The standard InChI is InChI=1S/C17H26F3N3/c1-5-6-7-8-12-9-13(11(2)3)10-14-15(12)22(4)16(23(14)21)17(18,19)20/h8,10-11,16H,5-7,9,21H2,1-4H3. The lowest BCUT2D eigenvalue weighted by atomic mass is 9.88. The highest BCUT2D eigenvalue weighted by Crippen LogP contribution is 2.44. The number of unbranched alkanes of at least 4 members (excludes halogenated alkanes) is 2. The monoisotopic (exact) mass is 329 g/mol. The van der Waals surface area contributed by atoms with Gasteiger partial charge in [-0.2, -0.15) is 13.2 Å². The van der Waals surface area contributed by atoms with Gasteiger partial charge in [0, 0.05) is 7.05 Å². The second-order valence-corrected chi connectivity index (χ2v) is 6.59. The average Bonchev–Trinajstić information content (AvgIpc) is 2.70. The van der Waals surface area contributed by atoms with Crippen molar-refractivity contribution < 1.29 is 13.2 Å². The van der Waals surface area contributed by atoms with Gasteiger partial charge in [0.25, 0.3) is 0 Å². The van der Waals surface area contributed by atoms with Crippen LogP contribution in [0, 0.1) is 5.92 Å². The first kappa shape index (κ1) is 17.9. The summed E-state index contributed by atoms with van der Waals surface area (Å²) in [5, 5.41) is 0.866. The fraction of sp³-hybridized carbons (Fsp3) is 0.647. The maximum atomic E-state index is 13.4. The molecule has 1 heterocycles. The molecule has 2 N–H and O–H groups in total. The van der Waals surface area contributed by atoms with E-state index in [1.54, 1.807) is 0 Å². The third kappa shape index (κ3) is 3.42. The number of allylic oxidation sites excluding steroid dienone is 4. The Morgan fingerprint density at radius 1 is 1.39 bits per heavy atom. The number of halogens is 3. The van der Waals surface area contributed by atoms with E-state index in [9.17, 15) is 13.2 Å². The molecule has 0 aromatic heterocycles. The molecule has 1 aliphatic heterocycles. The van der Waals surface area contributed by atoms with E-state index in [4.69, 9.17) is 5.84 Å². The molecule has 0 aromatic carbocycles. The van der Waals surface area contributed by atoms with E-state index in [2.05, 4.69) is 26.8 Å². The molecule has 1 aliphatic carbocycles. The lowest BCUT2D eigenvalue weighted by Gasteiger charge is -2.30. The number of alkyl halides is 3. The normalized spacial score (nSPS) is 24.0. The summed E-state index contributed by atoms with van der Waals surface area (Å²) in [6, 6.07) is 0. The topological polar surface area (TPSA) is 32.5 Å². The molecule has 0 saturated heterocycles. The van der Waals surface area contributed by atoms with Gasteiger partial charge in [0.05, 0.1) is 11.4 Å². The third-order valence-electron chi connectivity index (χ3n) is 4.51. The van der Waals surface area contributed by atoms with Crippen molar-refractivity contribution in [3.05, 3.63) is 34.7 Å². The molecule has 3 nitrogen and oxygen atoms in total. The molecule has 0 aromatic rings. The van der Waals surface area contributed by atoms with Crippen molar-refractivity contribution in [1.29, 1.82) is 0 Å². The minimum atomic E-state index is -4.40. The molecule has 0 amide bonds. The van der Waals surface area contributed by atoms with Crippen LogP contribution in [0.3, 0.4) is 0 Å². The molecule has 0 saturated carbocycles. The molecular weight excluding hydrogens is 303 g/mol. The Bertz CT molecular complexity index is 544. The first-order valence-corrected chi connectivity index (χ1v) is 8.16. The Morgan fingerprint density at radius 3 is 2.57 bits per heavy atom. The predicted octanol–water partition coefficient (Wildman–Crippen LogP) is 4.31. The number of hydrogen-bond acceptors (Lipinski definition) is 3. The Morgan fingerprint density at radius 2 is 2.04 bits per heavy atom. The van der Waals surface area contributed by atoms with Crippen LogP contribution in [-0.2, 0) is 0 Å². The summed E-state index contributed by atoms with van der Waals surface area (Å²) >= 11 is 0. The van der Waals surface area contributed by atoms with Crippen LogP contribution in [0.5, 0.6) is 0 Å². The first-order valence-electron chi connectivity index (χ1n) is 8.16. The van der Waals surface area contributed by atoms with Crippen LogP contribution < -0.4 is 5.84 Å². The van der Waals surface area contributed by atoms with Crippen molar-refractivity contribution in [1.82, 2.24) is 9.91 Å². The fourth-order valence-corrected chi connectivity index (χ4v) is 3.21. The average molecular weight is 329 g/mol. The van der Waals surface area contributed by atoms with Crippen LogP contribution in [0.1, 0.15) is 46.5 Å². The second-order valence-electron chi connectivity index (χ2n) is 6.59. The summed E-state index contributed by atoms with van der Waals surface area (Å²) in [7, 11) is 1.47. The lowest BCUT2D eigenvalue weighted by Crippen LogP contribution is -2.52. The van der Waals surface area contributed by atoms with Crippen molar-refractivity contribution in [2.45, 2.75) is 58.8 Å².